The summed E-state index contributed by atoms with van der Waals surface area (Å²) in [6.07, 6.45) is 3.68. The lowest BCUT2D eigenvalue weighted by Crippen LogP contribution is -2.47. The van der Waals surface area contributed by atoms with Gasteiger partial charge in [-0.2, -0.15) is 0 Å². The van der Waals surface area contributed by atoms with Gasteiger partial charge in [0.1, 0.15) is 5.01 Å². The van der Waals surface area contributed by atoms with Gasteiger partial charge < -0.3 is 10.6 Å². The van der Waals surface area contributed by atoms with Crippen LogP contribution in [0.2, 0.25) is 0 Å². The number of carbonyl (C=O) groups is 1. The quantitative estimate of drug-likeness (QED) is 0.896. The normalized spacial score (nSPS) is 18.8. The summed E-state index contributed by atoms with van der Waals surface area (Å²) in [4.78, 5) is 20.5. The molecule has 3 heterocycles. The molecule has 1 atom stereocenters. The van der Waals surface area contributed by atoms with E-state index in [9.17, 15) is 4.79 Å². The Balaban J connectivity index is 1.61. The van der Waals surface area contributed by atoms with E-state index in [-0.39, 0.29) is 11.9 Å². The number of aromatic nitrogens is 2. The van der Waals surface area contributed by atoms with Gasteiger partial charge in [0.05, 0.1) is 17.4 Å². The summed E-state index contributed by atoms with van der Waals surface area (Å²) >= 11 is 1.58. The van der Waals surface area contributed by atoms with Crippen LogP contribution in [0.5, 0.6) is 0 Å². The van der Waals surface area contributed by atoms with Crippen LogP contribution < -0.4 is 10.6 Å². The molecule has 0 aromatic carbocycles. The zero-order chi connectivity index (χ0) is 13.8. The minimum absolute atomic E-state index is 0.0937. The molecule has 0 spiro atoms. The van der Waals surface area contributed by atoms with Gasteiger partial charge in [-0.05, 0) is 25.0 Å². The number of nitrogens with one attached hydrogen (secondary N) is 2. The summed E-state index contributed by atoms with van der Waals surface area (Å²) in [5, 5.41) is 9.06. The van der Waals surface area contributed by atoms with Crippen molar-refractivity contribution in [2.75, 3.05) is 6.54 Å². The van der Waals surface area contributed by atoms with Crippen LogP contribution in [-0.4, -0.2) is 28.5 Å². The summed E-state index contributed by atoms with van der Waals surface area (Å²) in [6, 6.07) is 5.70. The highest BCUT2D eigenvalue weighted by molar-refractivity contribution is 7.13. The van der Waals surface area contributed by atoms with E-state index >= 15 is 0 Å². The van der Waals surface area contributed by atoms with Crippen molar-refractivity contribution in [1.82, 2.24) is 20.6 Å². The Morgan fingerprint density at radius 3 is 3.20 bits per heavy atom. The van der Waals surface area contributed by atoms with Gasteiger partial charge in [0.25, 0.3) is 0 Å². The maximum Gasteiger partial charge on any atom is 0.237 e. The molecule has 0 radical (unpaired) electrons. The highest BCUT2D eigenvalue weighted by atomic mass is 32.1. The van der Waals surface area contributed by atoms with Crippen molar-refractivity contribution in [3.05, 3.63) is 35.5 Å². The molecule has 1 aliphatic heterocycles. The first-order valence-corrected chi connectivity index (χ1v) is 7.58. The van der Waals surface area contributed by atoms with E-state index < -0.39 is 0 Å². The molecule has 1 amide bonds. The van der Waals surface area contributed by atoms with Crippen LogP contribution >= 0.6 is 11.3 Å². The Labute approximate surface area is 121 Å². The second kappa shape index (κ2) is 6.11. The zero-order valence-electron chi connectivity index (χ0n) is 11.0. The van der Waals surface area contributed by atoms with E-state index in [1.54, 1.807) is 17.5 Å². The van der Waals surface area contributed by atoms with Crippen LogP contribution in [0.3, 0.4) is 0 Å². The second-order valence-corrected chi connectivity index (χ2v) is 5.58. The summed E-state index contributed by atoms with van der Waals surface area (Å²) in [5.74, 6) is 0.0939. The number of hydrogen-bond acceptors (Lipinski definition) is 5. The van der Waals surface area contributed by atoms with E-state index in [4.69, 9.17) is 0 Å². The van der Waals surface area contributed by atoms with E-state index in [1.165, 1.54) is 0 Å². The number of hydrogen-bond donors (Lipinski definition) is 2. The van der Waals surface area contributed by atoms with Gasteiger partial charge in [-0.15, -0.1) is 11.3 Å². The Morgan fingerprint density at radius 2 is 2.40 bits per heavy atom. The number of amides is 1. The minimum Gasteiger partial charge on any atom is -0.355 e. The largest absolute Gasteiger partial charge is 0.355 e. The Bertz CT molecular complexity index is 584. The van der Waals surface area contributed by atoms with Crippen LogP contribution in [-0.2, 0) is 11.3 Å². The first-order valence-electron chi connectivity index (χ1n) is 6.70. The van der Waals surface area contributed by atoms with Crippen molar-refractivity contribution < 1.29 is 4.79 Å². The second-order valence-electron chi connectivity index (χ2n) is 4.73. The van der Waals surface area contributed by atoms with Crippen molar-refractivity contribution in [3.8, 4) is 10.7 Å². The maximum absolute atomic E-state index is 11.6. The van der Waals surface area contributed by atoms with Crippen LogP contribution in [0.15, 0.2) is 29.8 Å². The van der Waals surface area contributed by atoms with E-state index in [2.05, 4.69) is 20.6 Å². The van der Waals surface area contributed by atoms with Gasteiger partial charge >= 0.3 is 0 Å². The highest BCUT2D eigenvalue weighted by Gasteiger charge is 2.21. The third-order valence-corrected chi connectivity index (χ3v) is 4.16. The monoisotopic (exact) mass is 288 g/mol. The molecule has 0 aliphatic carbocycles. The molecule has 1 aliphatic rings. The van der Waals surface area contributed by atoms with Gasteiger partial charge in [-0.25, -0.2) is 4.98 Å². The maximum atomic E-state index is 11.6. The number of piperidine rings is 1. The minimum atomic E-state index is -0.0937. The van der Waals surface area contributed by atoms with E-state index in [0.29, 0.717) is 6.54 Å². The van der Waals surface area contributed by atoms with Crippen molar-refractivity contribution >= 4 is 17.2 Å². The third kappa shape index (κ3) is 3.02. The SMILES string of the molecule is O=C1NCCCC1NCc1csc(-c2ccccn2)n1. The van der Waals surface area contributed by atoms with Gasteiger partial charge in [0.2, 0.25) is 5.91 Å². The van der Waals surface area contributed by atoms with Crippen LogP contribution in [0.25, 0.3) is 10.7 Å². The van der Waals surface area contributed by atoms with Gasteiger partial charge in [0.15, 0.2) is 0 Å². The first kappa shape index (κ1) is 13.2. The number of rotatable bonds is 4. The molecule has 104 valence electrons. The van der Waals surface area contributed by atoms with E-state index in [0.717, 1.165) is 35.8 Å². The molecule has 1 unspecified atom stereocenters. The molecule has 6 heteroatoms. The van der Waals surface area contributed by atoms with Crippen molar-refractivity contribution in [2.45, 2.75) is 25.4 Å². The lowest BCUT2D eigenvalue weighted by atomic mass is 10.1. The topological polar surface area (TPSA) is 66.9 Å². The average molecular weight is 288 g/mol. The first-order chi connectivity index (χ1) is 9.83. The fourth-order valence-corrected chi connectivity index (χ4v) is 2.98. The van der Waals surface area contributed by atoms with Gasteiger partial charge in [0, 0.05) is 24.7 Å². The zero-order valence-corrected chi connectivity index (χ0v) is 11.8. The van der Waals surface area contributed by atoms with Crippen molar-refractivity contribution in [3.63, 3.8) is 0 Å². The number of nitrogens with zero attached hydrogens (tertiary/aromatic N) is 2. The highest BCUT2D eigenvalue weighted by Crippen LogP contribution is 2.21. The molecular weight excluding hydrogens is 272 g/mol. The molecule has 2 aromatic rings. The predicted octanol–water partition coefficient (Wildman–Crippen LogP) is 1.57. The molecule has 3 rings (SSSR count). The van der Waals surface area contributed by atoms with Crippen LogP contribution in [0, 0.1) is 0 Å². The van der Waals surface area contributed by atoms with Crippen molar-refractivity contribution in [1.29, 1.82) is 0 Å². The molecule has 5 nitrogen and oxygen atoms in total. The summed E-state index contributed by atoms with van der Waals surface area (Å²) in [6.45, 7) is 1.40. The van der Waals surface area contributed by atoms with Gasteiger partial charge in [-0.1, -0.05) is 6.07 Å². The Kier molecular flexibility index (Phi) is 4.03. The molecule has 1 saturated heterocycles. The summed E-state index contributed by atoms with van der Waals surface area (Å²) in [5.41, 5.74) is 1.84. The molecule has 20 heavy (non-hydrogen) atoms. The summed E-state index contributed by atoms with van der Waals surface area (Å²) in [7, 11) is 0. The van der Waals surface area contributed by atoms with Crippen LogP contribution in [0.1, 0.15) is 18.5 Å². The molecule has 0 saturated carbocycles. The Hall–Kier alpha value is -1.79. The lowest BCUT2D eigenvalue weighted by molar-refractivity contribution is -0.124. The summed E-state index contributed by atoms with van der Waals surface area (Å²) < 4.78 is 0. The van der Waals surface area contributed by atoms with E-state index in [1.807, 2.05) is 23.6 Å². The molecule has 2 aromatic heterocycles. The van der Waals surface area contributed by atoms with Crippen LogP contribution in [0.4, 0.5) is 0 Å². The fourth-order valence-electron chi connectivity index (χ4n) is 2.19. The number of pyridine rings is 1. The van der Waals surface area contributed by atoms with Crippen molar-refractivity contribution in [2.24, 2.45) is 0 Å². The lowest BCUT2D eigenvalue weighted by Gasteiger charge is -2.22. The predicted molar refractivity (Wildman–Crippen MR) is 78.2 cm³/mol. The third-order valence-electron chi connectivity index (χ3n) is 3.25. The van der Waals surface area contributed by atoms with Gasteiger partial charge in [-0.3, -0.25) is 9.78 Å². The molecule has 1 fully saturated rings. The average Bonchev–Trinajstić information content (AvgIpc) is 2.96. The smallest absolute Gasteiger partial charge is 0.237 e. The Morgan fingerprint density at radius 1 is 1.45 bits per heavy atom. The number of carbonyl (C=O) groups excluding carboxylic acids is 1. The molecule has 0 bridgehead atoms. The molecule has 2 N–H and O–H groups in total. The standard InChI is InChI=1S/C14H16N4OS/c19-13-11(5-3-7-16-13)17-8-10-9-20-14(18-10)12-4-1-2-6-15-12/h1-2,4,6,9,11,17H,3,5,7-8H2,(H,16,19). The molecular formula is C14H16N4OS. The number of thiazole rings is 1. The fraction of sp³-hybridized carbons (Fsp3) is 0.357.